The number of nitrogens with zero attached hydrogens (tertiary/aromatic N) is 2. The van der Waals surface area contributed by atoms with Gasteiger partial charge in [-0.25, -0.2) is 4.98 Å². The van der Waals surface area contributed by atoms with Crippen LogP contribution in [0.25, 0.3) is 10.2 Å². The van der Waals surface area contributed by atoms with Crippen molar-refractivity contribution in [3.05, 3.63) is 50.6 Å². The lowest BCUT2D eigenvalue weighted by molar-refractivity contribution is -0.113. The average molecular weight is 499 g/mol. The Bertz CT molecular complexity index is 1280. The Morgan fingerprint density at radius 1 is 1.29 bits per heavy atom. The van der Waals surface area contributed by atoms with E-state index in [1.807, 2.05) is 0 Å². The molecular weight excluding hydrogens is 468 g/mol. The van der Waals surface area contributed by atoms with Gasteiger partial charge < -0.3 is 11.1 Å². The molecule has 1 aliphatic rings. The van der Waals surface area contributed by atoms with E-state index in [9.17, 15) is 14.4 Å². The van der Waals surface area contributed by atoms with Crippen molar-refractivity contribution in [3.8, 4) is 0 Å². The first-order valence-corrected chi connectivity index (χ1v) is 13.4. The van der Waals surface area contributed by atoms with E-state index in [0.29, 0.717) is 34.8 Å². The van der Waals surface area contributed by atoms with Crippen LogP contribution < -0.4 is 16.6 Å². The first-order valence-electron chi connectivity index (χ1n) is 11.6. The van der Waals surface area contributed by atoms with Crippen molar-refractivity contribution in [2.24, 2.45) is 17.6 Å². The molecule has 0 fully saturated rings. The van der Waals surface area contributed by atoms with Gasteiger partial charge in [0.15, 0.2) is 5.16 Å². The highest BCUT2D eigenvalue weighted by Crippen LogP contribution is 2.36. The van der Waals surface area contributed by atoms with Crippen molar-refractivity contribution < 1.29 is 9.59 Å². The molecule has 3 N–H and O–H groups in total. The summed E-state index contributed by atoms with van der Waals surface area (Å²) >= 11 is 2.91. The van der Waals surface area contributed by atoms with Gasteiger partial charge in [-0.05, 0) is 67.3 Å². The Morgan fingerprint density at radius 3 is 2.71 bits per heavy atom. The smallest absolute Gasteiger partial charge is 0.263 e. The number of nitrogens with one attached hydrogen (secondary N) is 1. The third kappa shape index (κ3) is 5.36. The van der Waals surface area contributed by atoms with Crippen molar-refractivity contribution in [1.82, 2.24) is 9.55 Å². The molecule has 34 heavy (non-hydrogen) atoms. The summed E-state index contributed by atoms with van der Waals surface area (Å²) in [5.41, 5.74) is 7.42. The lowest BCUT2D eigenvalue weighted by Gasteiger charge is -2.18. The molecule has 0 spiro atoms. The van der Waals surface area contributed by atoms with Crippen molar-refractivity contribution in [2.75, 3.05) is 11.1 Å². The number of carbonyl (C=O) groups is 2. The van der Waals surface area contributed by atoms with Gasteiger partial charge in [0.25, 0.3) is 5.56 Å². The van der Waals surface area contributed by atoms with Crippen LogP contribution in [-0.4, -0.2) is 27.1 Å². The fourth-order valence-electron chi connectivity index (χ4n) is 4.14. The molecule has 180 valence electrons. The largest absolute Gasteiger partial charge is 0.366 e. The number of anilines is 1. The maximum absolute atomic E-state index is 13.6. The van der Waals surface area contributed by atoms with Crippen LogP contribution in [0.5, 0.6) is 0 Å². The van der Waals surface area contributed by atoms with Crippen LogP contribution in [0.4, 0.5) is 5.69 Å². The number of aryl methyl sites for hydroxylation is 1. The summed E-state index contributed by atoms with van der Waals surface area (Å²) in [7, 11) is 0. The van der Waals surface area contributed by atoms with Crippen LogP contribution in [0.2, 0.25) is 0 Å². The molecule has 3 aromatic rings. The zero-order chi connectivity index (χ0) is 24.4. The highest BCUT2D eigenvalue weighted by molar-refractivity contribution is 7.99. The number of thioether (sulfide) groups is 1. The summed E-state index contributed by atoms with van der Waals surface area (Å²) in [4.78, 5) is 44.3. The van der Waals surface area contributed by atoms with E-state index in [4.69, 9.17) is 10.7 Å². The molecule has 2 amide bonds. The Morgan fingerprint density at radius 2 is 2.03 bits per heavy atom. The molecule has 0 radical (unpaired) electrons. The molecule has 4 rings (SSSR count). The van der Waals surface area contributed by atoms with Gasteiger partial charge in [0.1, 0.15) is 4.83 Å². The number of thiophene rings is 1. The molecule has 1 unspecified atom stereocenters. The molecule has 2 heterocycles. The number of hydrogen-bond acceptors (Lipinski definition) is 6. The topological polar surface area (TPSA) is 107 Å². The van der Waals surface area contributed by atoms with E-state index in [0.717, 1.165) is 35.9 Å². The van der Waals surface area contributed by atoms with Gasteiger partial charge in [0.2, 0.25) is 11.8 Å². The first kappa shape index (κ1) is 24.5. The third-order valence-electron chi connectivity index (χ3n) is 6.10. The number of fused-ring (bicyclic) bond motifs is 3. The van der Waals surface area contributed by atoms with Crippen molar-refractivity contribution in [1.29, 1.82) is 0 Å². The number of benzene rings is 1. The first-order chi connectivity index (χ1) is 16.2. The maximum atomic E-state index is 13.6. The minimum absolute atomic E-state index is 0.0163. The molecule has 0 aliphatic heterocycles. The zero-order valence-electron chi connectivity index (χ0n) is 19.7. The SMILES string of the molecule is CC(C)CCn1c(SCC(=O)Nc2ccc(C(N)=O)cc2)nc2sc3c(c2c1=O)CCC(C)C3. The normalized spacial score (nSPS) is 15.5. The zero-order valence-corrected chi connectivity index (χ0v) is 21.4. The molecule has 2 aromatic heterocycles. The Hall–Kier alpha value is -2.65. The molecule has 0 saturated heterocycles. The van der Waals surface area contributed by atoms with Gasteiger partial charge >= 0.3 is 0 Å². The minimum atomic E-state index is -0.515. The number of aromatic nitrogens is 2. The van der Waals surface area contributed by atoms with Crippen LogP contribution >= 0.6 is 23.1 Å². The highest BCUT2D eigenvalue weighted by atomic mass is 32.2. The number of hydrogen-bond donors (Lipinski definition) is 2. The van der Waals surface area contributed by atoms with Crippen LogP contribution in [0.3, 0.4) is 0 Å². The van der Waals surface area contributed by atoms with Gasteiger partial charge in [-0.15, -0.1) is 11.3 Å². The third-order valence-corrected chi connectivity index (χ3v) is 8.22. The Balaban J connectivity index is 1.57. The quantitative estimate of drug-likeness (QED) is 0.352. The summed E-state index contributed by atoms with van der Waals surface area (Å²) in [5, 5.41) is 4.18. The molecule has 0 saturated carbocycles. The standard InChI is InChI=1S/C25H30N4O3S2/c1-14(2)10-11-29-24(32)21-18-9-4-15(3)12-19(18)34-23(21)28-25(29)33-13-20(30)27-17-7-5-16(6-8-17)22(26)31/h5-8,14-15H,4,9-13H2,1-3H3,(H2,26,31)(H,27,30). The fourth-order valence-corrected chi connectivity index (χ4v) is 6.39. The molecule has 1 aliphatic carbocycles. The minimum Gasteiger partial charge on any atom is -0.366 e. The van der Waals surface area contributed by atoms with E-state index >= 15 is 0 Å². The Labute approximate surface area is 207 Å². The van der Waals surface area contributed by atoms with Gasteiger partial charge in [-0.2, -0.15) is 0 Å². The average Bonchev–Trinajstić information content (AvgIpc) is 3.14. The lowest BCUT2D eigenvalue weighted by Crippen LogP contribution is -2.25. The number of carbonyl (C=O) groups excluding carboxylic acids is 2. The number of primary amides is 1. The van der Waals surface area contributed by atoms with Gasteiger partial charge in [0, 0.05) is 22.7 Å². The summed E-state index contributed by atoms with van der Waals surface area (Å²) in [6, 6.07) is 6.43. The monoisotopic (exact) mass is 498 g/mol. The van der Waals surface area contributed by atoms with Crippen molar-refractivity contribution in [3.63, 3.8) is 0 Å². The summed E-state index contributed by atoms with van der Waals surface area (Å²) < 4.78 is 1.76. The van der Waals surface area contributed by atoms with E-state index in [2.05, 4.69) is 26.1 Å². The predicted molar refractivity (Wildman–Crippen MR) is 139 cm³/mol. The van der Waals surface area contributed by atoms with Crippen molar-refractivity contribution in [2.45, 2.75) is 58.2 Å². The fraction of sp³-hybridized carbons (Fsp3) is 0.440. The molecule has 1 aromatic carbocycles. The van der Waals surface area contributed by atoms with Gasteiger partial charge in [-0.3, -0.25) is 19.0 Å². The van der Waals surface area contributed by atoms with E-state index in [1.54, 1.807) is 40.2 Å². The summed E-state index contributed by atoms with van der Waals surface area (Å²) in [6.45, 7) is 7.10. The van der Waals surface area contributed by atoms with Crippen LogP contribution in [0.15, 0.2) is 34.2 Å². The van der Waals surface area contributed by atoms with Crippen LogP contribution in [0, 0.1) is 11.8 Å². The second-order valence-corrected chi connectivity index (χ2v) is 11.4. The highest BCUT2D eigenvalue weighted by Gasteiger charge is 2.25. The van der Waals surface area contributed by atoms with Crippen LogP contribution in [-0.2, 0) is 24.2 Å². The number of amides is 2. The van der Waals surface area contributed by atoms with Gasteiger partial charge in [0.05, 0.1) is 11.1 Å². The molecule has 7 nitrogen and oxygen atoms in total. The van der Waals surface area contributed by atoms with Gasteiger partial charge in [-0.1, -0.05) is 32.5 Å². The number of nitrogens with two attached hydrogens (primary N) is 1. The van der Waals surface area contributed by atoms with E-state index < -0.39 is 5.91 Å². The Kier molecular flexibility index (Phi) is 7.42. The predicted octanol–water partition coefficient (Wildman–Crippen LogP) is 4.46. The second-order valence-electron chi connectivity index (χ2n) is 9.34. The maximum Gasteiger partial charge on any atom is 0.263 e. The second kappa shape index (κ2) is 10.3. The molecule has 0 bridgehead atoms. The van der Waals surface area contributed by atoms with Crippen molar-refractivity contribution >= 4 is 50.8 Å². The molecular formula is C25H30N4O3S2. The van der Waals surface area contributed by atoms with E-state index in [1.165, 1.54) is 22.2 Å². The van der Waals surface area contributed by atoms with E-state index in [-0.39, 0.29) is 17.2 Å². The summed E-state index contributed by atoms with van der Waals surface area (Å²) in [5.74, 6) is 0.474. The molecule has 9 heteroatoms. The van der Waals surface area contributed by atoms with Crippen LogP contribution in [0.1, 0.15) is 54.4 Å². The molecule has 1 atom stereocenters. The lowest BCUT2D eigenvalue weighted by atomic mass is 9.89. The summed E-state index contributed by atoms with van der Waals surface area (Å²) in [6.07, 6.45) is 3.89. The number of rotatable bonds is 8.